The van der Waals surface area contributed by atoms with Gasteiger partial charge in [0.05, 0.1) is 0 Å². The Labute approximate surface area is 108 Å². The van der Waals surface area contributed by atoms with E-state index in [0.717, 1.165) is 31.1 Å². The van der Waals surface area contributed by atoms with Crippen molar-refractivity contribution in [1.82, 2.24) is 5.32 Å². The van der Waals surface area contributed by atoms with Crippen molar-refractivity contribution in [3.63, 3.8) is 0 Å². The van der Waals surface area contributed by atoms with Crippen molar-refractivity contribution in [3.8, 4) is 0 Å². The maximum Gasteiger partial charge on any atom is 0.0480 e. The van der Waals surface area contributed by atoms with Crippen LogP contribution in [0.15, 0.2) is 24.3 Å². The summed E-state index contributed by atoms with van der Waals surface area (Å²) >= 11 is 6.01. The third-order valence-corrected chi connectivity index (χ3v) is 3.52. The Kier molecular flexibility index (Phi) is 4.84. The predicted molar refractivity (Wildman–Crippen MR) is 71.5 cm³/mol. The van der Waals surface area contributed by atoms with Crippen LogP contribution in [0.3, 0.4) is 0 Å². The lowest BCUT2D eigenvalue weighted by molar-refractivity contribution is 0.142. The fraction of sp³-hybridized carbons (Fsp3) is 0.571. The van der Waals surface area contributed by atoms with E-state index in [9.17, 15) is 0 Å². The third-order valence-electron chi connectivity index (χ3n) is 3.29. The number of hydrogen-bond donors (Lipinski definition) is 1. The van der Waals surface area contributed by atoms with Crippen LogP contribution in [0.2, 0.25) is 5.02 Å². The summed E-state index contributed by atoms with van der Waals surface area (Å²) in [5, 5.41) is 4.47. The van der Waals surface area contributed by atoms with E-state index >= 15 is 0 Å². The zero-order chi connectivity index (χ0) is 12.1. The molecule has 0 saturated carbocycles. The van der Waals surface area contributed by atoms with Gasteiger partial charge >= 0.3 is 0 Å². The van der Waals surface area contributed by atoms with Gasteiger partial charge in [-0.1, -0.05) is 23.7 Å². The van der Waals surface area contributed by atoms with Gasteiger partial charge in [0.15, 0.2) is 0 Å². The van der Waals surface area contributed by atoms with Gasteiger partial charge in [-0.3, -0.25) is 0 Å². The van der Waals surface area contributed by atoms with E-state index in [-0.39, 0.29) is 0 Å². The van der Waals surface area contributed by atoms with Crippen molar-refractivity contribution in [2.75, 3.05) is 13.2 Å². The Morgan fingerprint density at radius 3 is 3.06 bits per heavy atom. The number of rotatable bonds is 3. The zero-order valence-electron chi connectivity index (χ0n) is 10.3. The molecule has 2 atom stereocenters. The molecule has 1 aliphatic rings. The lowest BCUT2D eigenvalue weighted by Crippen LogP contribution is -2.31. The largest absolute Gasteiger partial charge is 0.381 e. The quantitative estimate of drug-likeness (QED) is 0.889. The minimum absolute atomic E-state index is 0.344. The molecule has 1 fully saturated rings. The highest BCUT2D eigenvalue weighted by Crippen LogP contribution is 2.19. The van der Waals surface area contributed by atoms with Crippen molar-refractivity contribution >= 4 is 11.6 Å². The highest BCUT2D eigenvalue weighted by molar-refractivity contribution is 6.30. The predicted octanol–water partition coefficient (Wildman–Crippen LogP) is 3.56. The number of halogens is 1. The summed E-state index contributed by atoms with van der Waals surface area (Å²) in [6.45, 7) is 3.97. The second kappa shape index (κ2) is 6.39. The molecule has 3 heteroatoms. The van der Waals surface area contributed by atoms with Crippen LogP contribution in [-0.4, -0.2) is 19.3 Å². The molecular weight excluding hydrogens is 234 g/mol. The molecule has 1 aromatic rings. The van der Waals surface area contributed by atoms with Crippen LogP contribution in [0.4, 0.5) is 0 Å². The summed E-state index contributed by atoms with van der Waals surface area (Å²) in [6, 6.07) is 8.98. The second-order valence-electron chi connectivity index (χ2n) is 4.68. The molecule has 0 aromatic heterocycles. The molecule has 1 saturated heterocycles. The van der Waals surface area contributed by atoms with Crippen molar-refractivity contribution in [3.05, 3.63) is 34.9 Å². The highest BCUT2D eigenvalue weighted by Gasteiger charge is 2.15. The van der Waals surface area contributed by atoms with Crippen LogP contribution in [-0.2, 0) is 4.74 Å². The molecule has 0 amide bonds. The van der Waals surface area contributed by atoms with Gasteiger partial charge in [0.1, 0.15) is 0 Å². The smallest absolute Gasteiger partial charge is 0.0480 e. The molecule has 94 valence electrons. The van der Waals surface area contributed by atoms with E-state index in [2.05, 4.69) is 18.3 Å². The van der Waals surface area contributed by atoms with Gasteiger partial charge < -0.3 is 10.1 Å². The fourth-order valence-corrected chi connectivity index (χ4v) is 2.49. The molecule has 1 aromatic carbocycles. The molecule has 1 aliphatic heterocycles. The Morgan fingerprint density at radius 2 is 2.24 bits per heavy atom. The maximum absolute atomic E-state index is 6.01. The first-order valence-corrected chi connectivity index (χ1v) is 6.73. The van der Waals surface area contributed by atoms with Crippen molar-refractivity contribution < 1.29 is 4.74 Å². The molecule has 2 rings (SSSR count). The lowest BCUT2D eigenvalue weighted by atomic mass is 10.0. The van der Waals surface area contributed by atoms with E-state index in [0.29, 0.717) is 12.1 Å². The minimum atomic E-state index is 0.344. The minimum Gasteiger partial charge on any atom is -0.381 e. The SMILES string of the molecule is C[C@H](NC1CCCOCC1)c1cccc(Cl)c1. The summed E-state index contributed by atoms with van der Waals surface area (Å²) < 4.78 is 5.47. The molecule has 1 unspecified atom stereocenters. The number of nitrogens with one attached hydrogen (secondary N) is 1. The summed E-state index contributed by atoms with van der Waals surface area (Å²) in [6.07, 6.45) is 3.45. The van der Waals surface area contributed by atoms with Crippen LogP contribution >= 0.6 is 11.6 Å². The molecule has 2 nitrogen and oxygen atoms in total. The maximum atomic E-state index is 6.01. The molecule has 0 bridgehead atoms. The van der Waals surface area contributed by atoms with Gasteiger partial charge in [0.2, 0.25) is 0 Å². The van der Waals surface area contributed by atoms with Crippen molar-refractivity contribution in [2.24, 2.45) is 0 Å². The Bertz CT molecular complexity index is 348. The molecule has 1 N–H and O–H groups in total. The number of ether oxygens (including phenoxy) is 1. The average Bonchev–Trinajstić information content (AvgIpc) is 2.57. The van der Waals surface area contributed by atoms with Gasteiger partial charge in [-0.05, 0) is 43.9 Å². The van der Waals surface area contributed by atoms with Crippen LogP contribution < -0.4 is 5.32 Å². The van der Waals surface area contributed by atoms with Crippen molar-refractivity contribution in [1.29, 1.82) is 0 Å². The van der Waals surface area contributed by atoms with E-state index in [4.69, 9.17) is 16.3 Å². The summed E-state index contributed by atoms with van der Waals surface area (Å²) in [5.41, 5.74) is 1.25. The Morgan fingerprint density at radius 1 is 1.35 bits per heavy atom. The highest BCUT2D eigenvalue weighted by atomic mass is 35.5. The summed E-state index contributed by atoms with van der Waals surface area (Å²) in [5.74, 6) is 0. The first kappa shape index (κ1) is 12.9. The third kappa shape index (κ3) is 3.98. The van der Waals surface area contributed by atoms with Crippen LogP contribution in [0.5, 0.6) is 0 Å². The van der Waals surface area contributed by atoms with E-state index < -0.39 is 0 Å². The normalized spacial score (nSPS) is 23.1. The monoisotopic (exact) mass is 253 g/mol. The van der Waals surface area contributed by atoms with Gasteiger partial charge in [-0.2, -0.15) is 0 Å². The topological polar surface area (TPSA) is 21.3 Å². The Balaban J connectivity index is 1.93. The van der Waals surface area contributed by atoms with Gasteiger partial charge in [0.25, 0.3) is 0 Å². The van der Waals surface area contributed by atoms with E-state index in [1.165, 1.54) is 12.0 Å². The van der Waals surface area contributed by atoms with E-state index in [1.807, 2.05) is 18.2 Å². The van der Waals surface area contributed by atoms with Crippen molar-refractivity contribution in [2.45, 2.75) is 38.3 Å². The van der Waals surface area contributed by atoms with Gasteiger partial charge in [-0.25, -0.2) is 0 Å². The summed E-state index contributed by atoms with van der Waals surface area (Å²) in [4.78, 5) is 0. The van der Waals surface area contributed by atoms with Gasteiger partial charge in [0, 0.05) is 30.3 Å². The number of benzene rings is 1. The lowest BCUT2D eigenvalue weighted by Gasteiger charge is -2.22. The first-order valence-electron chi connectivity index (χ1n) is 6.35. The van der Waals surface area contributed by atoms with Gasteiger partial charge in [-0.15, -0.1) is 0 Å². The first-order chi connectivity index (χ1) is 8.25. The zero-order valence-corrected chi connectivity index (χ0v) is 11.0. The molecule has 0 aliphatic carbocycles. The standard InChI is InChI=1S/C14H20ClNO/c1-11(12-4-2-5-13(15)10-12)16-14-6-3-8-17-9-7-14/h2,4-5,10-11,14,16H,3,6-9H2,1H3/t11-,14?/m0/s1. The van der Waals surface area contributed by atoms with Crippen LogP contribution in [0.25, 0.3) is 0 Å². The van der Waals surface area contributed by atoms with E-state index in [1.54, 1.807) is 0 Å². The average molecular weight is 254 g/mol. The second-order valence-corrected chi connectivity index (χ2v) is 5.12. The number of hydrogen-bond acceptors (Lipinski definition) is 2. The fourth-order valence-electron chi connectivity index (χ4n) is 2.30. The molecular formula is C14H20ClNO. The molecule has 1 heterocycles. The summed E-state index contributed by atoms with van der Waals surface area (Å²) in [7, 11) is 0. The van der Waals surface area contributed by atoms with Crippen LogP contribution in [0.1, 0.15) is 37.8 Å². The molecule has 0 spiro atoms. The Hall–Kier alpha value is -0.570. The van der Waals surface area contributed by atoms with Crippen LogP contribution in [0, 0.1) is 0 Å². The molecule has 0 radical (unpaired) electrons. The molecule has 17 heavy (non-hydrogen) atoms.